The van der Waals surface area contributed by atoms with Gasteiger partial charge in [0.2, 0.25) is 5.69 Å². The molecule has 47 heavy (non-hydrogen) atoms. The molecule has 3 aliphatic rings. The van der Waals surface area contributed by atoms with E-state index in [0.717, 1.165) is 58.0 Å². The van der Waals surface area contributed by atoms with E-state index in [-0.39, 0.29) is 23.7 Å². The number of unbranched alkanes of at least 4 members (excludes halogenated alkanes) is 4. The Bertz CT molecular complexity index is 1580. The molecule has 2 heterocycles. The zero-order chi connectivity index (χ0) is 33.3. The highest BCUT2D eigenvalue weighted by atomic mass is 16.4. The van der Waals surface area contributed by atoms with Crippen molar-refractivity contribution in [3.63, 3.8) is 0 Å². The van der Waals surface area contributed by atoms with Crippen LogP contribution in [-0.2, 0) is 20.4 Å². The van der Waals surface area contributed by atoms with Gasteiger partial charge in [0.25, 0.3) is 0 Å². The van der Waals surface area contributed by atoms with Gasteiger partial charge in [-0.3, -0.25) is 9.59 Å². The molecule has 6 heteroatoms. The Morgan fingerprint density at radius 2 is 1.51 bits per heavy atom. The van der Waals surface area contributed by atoms with Gasteiger partial charge >= 0.3 is 11.9 Å². The average Bonchev–Trinajstić information content (AvgIpc) is 3.71. The number of benzene rings is 2. The van der Waals surface area contributed by atoms with E-state index in [1.807, 2.05) is 6.08 Å². The van der Waals surface area contributed by atoms with Gasteiger partial charge in [0.1, 0.15) is 6.54 Å². The predicted octanol–water partition coefficient (Wildman–Crippen LogP) is 9.24. The Morgan fingerprint density at radius 1 is 0.851 bits per heavy atom. The van der Waals surface area contributed by atoms with Crippen LogP contribution in [0.3, 0.4) is 0 Å². The number of para-hydroxylation sites is 2. The fourth-order valence-corrected chi connectivity index (χ4v) is 8.20. The number of aliphatic carboxylic acids is 2. The molecule has 0 amide bonds. The van der Waals surface area contributed by atoms with Crippen molar-refractivity contribution < 1.29 is 24.4 Å². The van der Waals surface area contributed by atoms with E-state index >= 15 is 0 Å². The molecule has 5 rings (SSSR count). The van der Waals surface area contributed by atoms with Gasteiger partial charge in [-0.25, -0.2) is 0 Å². The molecular formula is C41H51N2O4+. The largest absolute Gasteiger partial charge is 0.481 e. The van der Waals surface area contributed by atoms with E-state index in [0.29, 0.717) is 12.8 Å². The summed E-state index contributed by atoms with van der Waals surface area (Å²) in [5, 5.41) is 18.1. The molecule has 2 N–H and O–H groups in total. The average molecular weight is 636 g/mol. The number of allylic oxidation sites excluding steroid dienone is 7. The highest BCUT2D eigenvalue weighted by molar-refractivity contribution is 6.04. The lowest BCUT2D eigenvalue weighted by Gasteiger charge is -2.29. The number of carboxylic acid groups (broad SMARTS) is 2. The number of fused-ring (bicyclic) bond motifs is 3. The molecule has 1 saturated carbocycles. The Labute approximate surface area is 280 Å². The van der Waals surface area contributed by atoms with Crippen molar-refractivity contribution in [3.05, 3.63) is 108 Å². The highest BCUT2D eigenvalue weighted by Crippen LogP contribution is 2.51. The van der Waals surface area contributed by atoms with Crippen molar-refractivity contribution in [2.45, 2.75) is 101 Å². The van der Waals surface area contributed by atoms with Crippen LogP contribution in [0.15, 0.2) is 97.3 Å². The molecule has 0 aromatic heterocycles. The quantitative estimate of drug-likeness (QED) is 0.0784. The summed E-state index contributed by atoms with van der Waals surface area (Å²) in [5.41, 5.74) is 7.76. The minimum absolute atomic E-state index is 0.0491. The van der Waals surface area contributed by atoms with Crippen LogP contribution in [0, 0.1) is 0 Å². The molecule has 248 valence electrons. The molecule has 1 unspecified atom stereocenters. The van der Waals surface area contributed by atoms with Crippen molar-refractivity contribution in [1.82, 2.24) is 0 Å². The molecule has 2 aliphatic heterocycles. The standard InChI is InChI=1S/C41H50N2O4/c1-3-27-40(2)32-19-11-13-21-34(32)42(30-17-5-9-25-38(44)45)36(40)23-7-4-8-24-37-41(28-15-16-29-41)33-20-12-14-22-35(33)43(37)31-18-6-10-26-39(46)47/h3-4,7-8,11-14,19-24H,1,5-6,9-10,15-18,25-31H2,2H3,(H-,44,45,46,47)/p+1. The van der Waals surface area contributed by atoms with Crippen LogP contribution in [0.4, 0.5) is 11.4 Å². The van der Waals surface area contributed by atoms with E-state index < -0.39 is 11.9 Å². The Hall–Kier alpha value is -4.19. The monoisotopic (exact) mass is 635 g/mol. The van der Waals surface area contributed by atoms with Gasteiger partial charge in [0.15, 0.2) is 5.71 Å². The van der Waals surface area contributed by atoms with Crippen LogP contribution < -0.4 is 4.90 Å². The van der Waals surface area contributed by atoms with E-state index in [9.17, 15) is 9.59 Å². The van der Waals surface area contributed by atoms with Crippen LogP contribution in [0.25, 0.3) is 0 Å². The number of hydrogen-bond acceptors (Lipinski definition) is 3. The van der Waals surface area contributed by atoms with Crippen molar-refractivity contribution in [2.24, 2.45) is 0 Å². The Morgan fingerprint density at radius 3 is 2.21 bits per heavy atom. The van der Waals surface area contributed by atoms with Gasteiger partial charge in [0.05, 0.1) is 5.41 Å². The smallest absolute Gasteiger partial charge is 0.303 e. The summed E-state index contributed by atoms with van der Waals surface area (Å²) >= 11 is 0. The lowest BCUT2D eigenvalue weighted by Crippen LogP contribution is -2.31. The highest BCUT2D eigenvalue weighted by Gasteiger charge is 2.52. The van der Waals surface area contributed by atoms with Crippen molar-refractivity contribution in [1.29, 1.82) is 0 Å². The molecule has 2 aromatic rings. The summed E-state index contributed by atoms with van der Waals surface area (Å²) in [6.07, 6.45) is 24.3. The summed E-state index contributed by atoms with van der Waals surface area (Å²) in [6.45, 7) is 8.14. The van der Waals surface area contributed by atoms with Crippen LogP contribution in [-0.4, -0.2) is 45.5 Å². The summed E-state index contributed by atoms with van der Waals surface area (Å²) < 4.78 is 2.51. The normalized spacial score (nSPS) is 20.6. The molecule has 0 saturated heterocycles. The molecular weight excluding hydrogens is 584 g/mol. The number of carboxylic acids is 2. The Kier molecular flexibility index (Phi) is 11.3. The van der Waals surface area contributed by atoms with E-state index in [4.69, 9.17) is 10.2 Å². The summed E-state index contributed by atoms with van der Waals surface area (Å²) in [5.74, 6) is -1.45. The number of rotatable bonds is 17. The van der Waals surface area contributed by atoms with Gasteiger partial charge in [-0.1, -0.05) is 80.0 Å². The Balaban J connectivity index is 1.40. The number of carbonyl (C=O) groups is 2. The molecule has 6 nitrogen and oxygen atoms in total. The second-order valence-electron chi connectivity index (χ2n) is 13.5. The molecule has 1 spiro atoms. The number of nitrogens with zero attached hydrogens (tertiary/aromatic N) is 2. The lowest BCUT2D eigenvalue weighted by molar-refractivity contribution is -0.438. The molecule has 1 fully saturated rings. The van der Waals surface area contributed by atoms with E-state index in [1.54, 1.807) is 0 Å². The summed E-state index contributed by atoms with van der Waals surface area (Å²) in [7, 11) is 0. The van der Waals surface area contributed by atoms with E-state index in [2.05, 4.69) is 102 Å². The van der Waals surface area contributed by atoms with Gasteiger partial charge < -0.3 is 15.1 Å². The second kappa shape index (κ2) is 15.6. The maximum absolute atomic E-state index is 11.0. The number of anilines is 1. The van der Waals surface area contributed by atoms with Crippen LogP contribution in [0.1, 0.15) is 102 Å². The predicted molar refractivity (Wildman–Crippen MR) is 191 cm³/mol. The second-order valence-corrected chi connectivity index (χ2v) is 13.5. The molecule has 2 aromatic carbocycles. The minimum Gasteiger partial charge on any atom is -0.481 e. The summed E-state index contributed by atoms with van der Waals surface area (Å²) in [4.78, 5) is 24.5. The SMILES string of the molecule is C=CCC1(C)C(=CC=CC=CC2=[N+](CCCCCC(=O)O)c3ccccc3C23CCCC3)N(CCCCCC(=O)O)c2ccccc21. The zero-order valence-electron chi connectivity index (χ0n) is 28.0. The third-order valence-electron chi connectivity index (χ3n) is 10.4. The van der Waals surface area contributed by atoms with E-state index in [1.165, 1.54) is 46.8 Å². The van der Waals surface area contributed by atoms with Gasteiger partial charge in [-0.15, -0.1) is 6.58 Å². The first kappa shape index (κ1) is 34.2. The third-order valence-corrected chi connectivity index (χ3v) is 10.4. The van der Waals surface area contributed by atoms with Gasteiger partial charge in [0, 0.05) is 60.3 Å². The topological polar surface area (TPSA) is 80.9 Å². The summed E-state index contributed by atoms with van der Waals surface area (Å²) in [6, 6.07) is 17.5. The minimum atomic E-state index is -0.730. The molecule has 0 radical (unpaired) electrons. The first-order valence-corrected chi connectivity index (χ1v) is 17.5. The molecule has 1 atom stereocenters. The van der Waals surface area contributed by atoms with Crippen molar-refractivity contribution in [2.75, 3.05) is 18.0 Å². The fourth-order valence-electron chi connectivity index (χ4n) is 8.20. The molecule has 0 bridgehead atoms. The van der Waals surface area contributed by atoms with Crippen molar-refractivity contribution in [3.8, 4) is 0 Å². The molecule has 1 aliphatic carbocycles. The maximum Gasteiger partial charge on any atom is 0.303 e. The van der Waals surface area contributed by atoms with Crippen LogP contribution in [0.5, 0.6) is 0 Å². The third kappa shape index (κ3) is 7.37. The van der Waals surface area contributed by atoms with Gasteiger partial charge in [-0.2, -0.15) is 4.58 Å². The fraction of sp³-hybridized carbons (Fsp3) is 0.439. The maximum atomic E-state index is 11.0. The first-order valence-electron chi connectivity index (χ1n) is 17.5. The van der Waals surface area contributed by atoms with Gasteiger partial charge in [-0.05, 0) is 69.6 Å². The first-order chi connectivity index (χ1) is 22.8. The van der Waals surface area contributed by atoms with Crippen LogP contribution >= 0.6 is 0 Å². The van der Waals surface area contributed by atoms with Crippen LogP contribution in [0.2, 0.25) is 0 Å². The lowest BCUT2D eigenvalue weighted by atomic mass is 9.76. The number of hydrogen-bond donors (Lipinski definition) is 2. The zero-order valence-corrected chi connectivity index (χ0v) is 28.0. The van der Waals surface area contributed by atoms with Crippen molar-refractivity contribution >= 4 is 29.0 Å².